The number of ether oxygens (including phenoxy) is 2. The van der Waals surface area contributed by atoms with Crippen LogP contribution in [0.15, 0.2) is 103 Å². The number of methoxy groups -OCH3 is 1. The van der Waals surface area contributed by atoms with E-state index in [0.29, 0.717) is 29.1 Å². The van der Waals surface area contributed by atoms with Gasteiger partial charge in [-0.2, -0.15) is 15.2 Å². The first kappa shape index (κ1) is 31.2. The molecule has 246 valence electrons. The molecule has 0 saturated carbocycles. The third-order valence-electron chi connectivity index (χ3n) is 8.08. The normalized spacial score (nSPS) is 11.1. The number of urea groups is 1. The number of fused-ring (bicyclic) bond motifs is 2. The van der Waals surface area contributed by atoms with Gasteiger partial charge in [-0.3, -0.25) is 10.00 Å². The molecule has 0 atom stereocenters. The molecule has 0 aliphatic rings. The van der Waals surface area contributed by atoms with E-state index in [2.05, 4.69) is 37.9 Å². The SMILES string of the molecule is CCCCc1cc(NC(=O)Nc2ccc(Oc3ccnc(Nc4ccc5c(cnn5C)c4)n3)c3ccccc23)n(-c2ccc(OC)cc2)n1. The Hall–Kier alpha value is -6.43. The summed E-state index contributed by atoms with van der Waals surface area (Å²) in [5.41, 5.74) is 4.20. The Kier molecular flexibility index (Phi) is 8.74. The van der Waals surface area contributed by atoms with Crippen molar-refractivity contribution in [2.24, 2.45) is 7.05 Å². The summed E-state index contributed by atoms with van der Waals surface area (Å²) in [6, 6.07) is 28.0. The van der Waals surface area contributed by atoms with Gasteiger partial charge < -0.3 is 20.1 Å². The Bertz CT molecular complexity index is 2260. The molecule has 7 aromatic rings. The standard InChI is InChI=1S/C37H35N9O3/c1-4-5-8-26-22-34(46(44-26)27-12-14-28(48-3)15-13-27)42-37(47)41-31-16-18-33(30-10-7-6-9-29(30)31)49-35-19-20-38-36(43-35)40-25-11-17-32-24(21-25)23-39-45(32)2/h6-7,9-23H,4-5,8H2,1-3H3,(H,38,40,43)(H2,41,42,47). The van der Waals surface area contributed by atoms with Crippen LogP contribution in [-0.2, 0) is 13.5 Å². The van der Waals surface area contributed by atoms with Crippen LogP contribution in [0.25, 0.3) is 27.4 Å². The molecule has 0 saturated heterocycles. The van der Waals surface area contributed by atoms with Gasteiger partial charge in [-0.05, 0) is 67.4 Å². The molecule has 4 aromatic carbocycles. The highest BCUT2D eigenvalue weighted by Gasteiger charge is 2.16. The maximum atomic E-state index is 13.4. The third kappa shape index (κ3) is 6.84. The summed E-state index contributed by atoms with van der Waals surface area (Å²) in [7, 11) is 3.53. The molecule has 49 heavy (non-hydrogen) atoms. The number of hydrogen-bond acceptors (Lipinski definition) is 8. The quantitative estimate of drug-likeness (QED) is 0.127. The van der Waals surface area contributed by atoms with E-state index in [4.69, 9.17) is 14.6 Å². The number of carbonyl (C=O) groups excluding carboxylic acids is 1. The van der Waals surface area contributed by atoms with E-state index >= 15 is 0 Å². The van der Waals surface area contributed by atoms with Crippen LogP contribution in [0.3, 0.4) is 0 Å². The Morgan fingerprint density at radius 1 is 0.918 bits per heavy atom. The predicted molar refractivity (Wildman–Crippen MR) is 191 cm³/mol. The average Bonchev–Trinajstić information content (AvgIpc) is 3.70. The molecule has 0 radical (unpaired) electrons. The van der Waals surface area contributed by atoms with Gasteiger partial charge in [-0.1, -0.05) is 37.6 Å². The molecule has 0 fully saturated rings. The Morgan fingerprint density at radius 3 is 2.57 bits per heavy atom. The van der Waals surface area contributed by atoms with E-state index in [1.807, 2.05) is 103 Å². The molecule has 3 heterocycles. The van der Waals surface area contributed by atoms with Crippen molar-refractivity contribution >= 4 is 50.8 Å². The highest BCUT2D eigenvalue weighted by molar-refractivity contribution is 6.07. The van der Waals surface area contributed by atoms with Gasteiger partial charge in [-0.15, -0.1) is 0 Å². The van der Waals surface area contributed by atoms with Gasteiger partial charge in [0, 0.05) is 47.2 Å². The summed E-state index contributed by atoms with van der Waals surface area (Å²) in [5.74, 6) is 2.65. The number of rotatable bonds is 11. The van der Waals surface area contributed by atoms with Crippen LogP contribution in [0.5, 0.6) is 17.4 Å². The van der Waals surface area contributed by atoms with E-state index in [9.17, 15) is 4.79 Å². The van der Waals surface area contributed by atoms with Crippen LogP contribution in [0, 0.1) is 0 Å². The fourth-order valence-corrected chi connectivity index (χ4v) is 5.60. The largest absolute Gasteiger partial charge is 0.497 e. The molecule has 12 nitrogen and oxygen atoms in total. The summed E-state index contributed by atoms with van der Waals surface area (Å²) >= 11 is 0. The monoisotopic (exact) mass is 653 g/mol. The highest BCUT2D eigenvalue weighted by atomic mass is 16.5. The predicted octanol–water partition coefficient (Wildman–Crippen LogP) is 8.23. The molecule has 0 aliphatic heterocycles. The minimum absolute atomic E-state index is 0.370. The summed E-state index contributed by atoms with van der Waals surface area (Å²) in [6.45, 7) is 2.14. The molecule has 7 rings (SSSR count). The van der Waals surface area contributed by atoms with Crippen LogP contribution < -0.4 is 25.4 Å². The van der Waals surface area contributed by atoms with E-state index in [-0.39, 0.29) is 0 Å². The Balaban J connectivity index is 1.09. The molecule has 3 N–H and O–H groups in total. The molecular formula is C37H35N9O3. The van der Waals surface area contributed by atoms with Crippen LogP contribution in [0.2, 0.25) is 0 Å². The number of hydrogen-bond donors (Lipinski definition) is 3. The van der Waals surface area contributed by atoms with E-state index in [1.54, 1.807) is 24.1 Å². The van der Waals surface area contributed by atoms with E-state index in [0.717, 1.165) is 63.8 Å². The third-order valence-corrected chi connectivity index (χ3v) is 8.08. The number of nitrogens with zero attached hydrogens (tertiary/aromatic N) is 6. The van der Waals surface area contributed by atoms with Gasteiger partial charge in [0.15, 0.2) is 0 Å². The lowest BCUT2D eigenvalue weighted by Gasteiger charge is -2.14. The van der Waals surface area contributed by atoms with E-state index < -0.39 is 6.03 Å². The molecule has 0 spiro atoms. The zero-order valence-corrected chi connectivity index (χ0v) is 27.3. The van der Waals surface area contributed by atoms with Gasteiger partial charge in [0.1, 0.15) is 17.3 Å². The van der Waals surface area contributed by atoms with Gasteiger partial charge >= 0.3 is 6.03 Å². The molecule has 3 aromatic heterocycles. The second-order valence-electron chi connectivity index (χ2n) is 11.5. The van der Waals surface area contributed by atoms with Gasteiger partial charge in [-0.25, -0.2) is 14.5 Å². The smallest absolute Gasteiger partial charge is 0.324 e. The van der Waals surface area contributed by atoms with Crippen molar-refractivity contribution in [2.45, 2.75) is 26.2 Å². The van der Waals surface area contributed by atoms with Crippen LogP contribution in [0.1, 0.15) is 25.5 Å². The van der Waals surface area contributed by atoms with Gasteiger partial charge in [0.25, 0.3) is 0 Å². The first-order chi connectivity index (χ1) is 24.0. The number of unbranched alkanes of at least 4 members (excludes halogenated alkanes) is 1. The van der Waals surface area contributed by atoms with Crippen LogP contribution in [-0.4, -0.2) is 42.7 Å². The minimum atomic E-state index is -0.397. The Morgan fingerprint density at radius 2 is 1.76 bits per heavy atom. The number of aryl methyl sites for hydroxylation is 2. The molecule has 12 heteroatoms. The molecule has 2 amide bonds. The van der Waals surface area contributed by atoms with Gasteiger partial charge in [0.05, 0.1) is 35.9 Å². The van der Waals surface area contributed by atoms with Crippen molar-refractivity contribution in [3.63, 3.8) is 0 Å². The fourth-order valence-electron chi connectivity index (χ4n) is 5.60. The lowest BCUT2D eigenvalue weighted by atomic mass is 10.1. The topological polar surface area (TPSA) is 133 Å². The Labute approximate surface area is 282 Å². The number of carbonyl (C=O) groups is 1. The van der Waals surface area contributed by atoms with E-state index in [1.165, 1.54) is 0 Å². The maximum Gasteiger partial charge on any atom is 0.324 e. The number of nitrogens with one attached hydrogen (secondary N) is 3. The zero-order chi connectivity index (χ0) is 33.7. The minimum Gasteiger partial charge on any atom is -0.497 e. The molecular weight excluding hydrogens is 618 g/mol. The van der Waals surface area contributed by atoms with Crippen molar-refractivity contribution < 1.29 is 14.3 Å². The van der Waals surface area contributed by atoms with Gasteiger partial charge in [0.2, 0.25) is 11.8 Å². The lowest BCUT2D eigenvalue weighted by Crippen LogP contribution is -2.21. The number of anilines is 4. The number of amides is 2. The van der Waals surface area contributed by atoms with Crippen molar-refractivity contribution in [1.82, 2.24) is 29.5 Å². The first-order valence-electron chi connectivity index (χ1n) is 16.0. The fraction of sp³-hybridized carbons (Fsp3) is 0.162. The number of benzene rings is 4. The second kappa shape index (κ2) is 13.7. The lowest BCUT2D eigenvalue weighted by molar-refractivity contribution is 0.262. The molecule has 0 unspecified atom stereocenters. The van der Waals surface area contributed by atoms with Crippen molar-refractivity contribution in [3.8, 4) is 23.1 Å². The zero-order valence-electron chi connectivity index (χ0n) is 27.3. The average molecular weight is 654 g/mol. The van der Waals surface area contributed by atoms with Crippen LogP contribution >= 0.6 is 0 Å². The van der Waals surface area contributed by atoms with Crippen molar-refractivity contribution in [2.75, 3.05) is 23.1 Å². The highest BCUT2D eigenvalue weighted by Crippen LogP contribution is 2.34. The summed E-state index contributed by atoms with van der Waals surface area (Å²) in [6.07, 6.45) is 6.31. The number of aromatic nitrogens is 6. The summed E-state index contributed by atoms with van der Waals surface area (Å²) in [4.78, 5) is 22.4. The molecule has 0 bridgehead atoms. The van der Waals surface area contributed by atoms with Crippen molar-refractivity contribution in [3.05, 3.63) is 109 Å². The van der Waals surface area contributed by atoms with Crippen molar-refractivity contribution in [1.29, 1.82) is 0 Å². The van der Waals surface area contributed by atoms with Crippen LogP contribution in [0.4, 0.5) is 27.9 Å². The summed E-state index contributed by atoms with van der Waals surface area (Å²) in [5, 5.41) is 21.0. The first-order valence-corrected chi connectivity index (χ1v) is 16.0. The molecule has 0 aliphatic carbocycles. The summed E-state index contributed by atoms with van der Waals surface area (Å²) < 4.78 is 15.1. The maximum absolute atomic E-state index is 13.4. The second-order valence-corrected chi connectivity index (χ2v) is 11.5.